The molecule has 0 aliphatic rings. The monoisotopic (exact) mass is 343 g/mol. The van der Waals surface area contributed by atoms with Crippen LogP contribution in [0.5, 0.6) is 5.75 Å². The smallest absolute Gasteiger partial charge is 0.123 e. The van der Waals surface area contributed by atoms with Crippen LogP contribution in [0, 0.1) is 6.92 Å². The van der Waals surface area contributed by atoms with E-state index in [0.717, 1.165) is 35.4 Å². The number of carbonyl (C=O) groups is 1. The third-order valence-corrected chi connectivity index (χ3v) is 3.29. The van der Waals surface area contributed by atoms with Gasteiger partial charge in [-0.05, 0) is 26.0 Å². The molecule has 0 saturated heterocycles. The minimum atomic E-state index is 0.599. The molecule has 112 valence electrons. The molecule has 0 aliphatic carbocycles. The van der Waals surface area contributed by atoms with Gasteiger partial charge in [0.15, 0.2) is 0 Å². The van der Waals surface area contributed by atoms with Crippen LogP contribution in [0.3, 0.4) is 0 Å². The van der Waals surface area contributed by atoms with Crippen molar-refractivity contribution in [3.8, 4) is 5.75 Å². The van der Waals surface area contributed by atoms with Crippen molar-refractivity contribution in [2.24, 2.45) is 4.99 Å². The molecule has 0 N–H and O–H groups in total. The summed E-state index contributed by atoms with van der Waals surface area (Å²) in [6.45, 7) is 8.81. The van der Waals surface area contributed by atoms with E-state index in [1.807, 2.05) is 45.1 Å². The van der Waals surface area contributed by atoms with Crippen molar-refractivity contribution in [2.75, 3.05) is 26.4 Å². The summed E-state index contributed by atoms with van der Waals surface area (Å²) in [7, 11) is 0. The molecule has 0 bridgehead atoms. The molecule has 0 spiro atoms. The molecule has 20 heavy (non-hydrogen) atoms. The Morgan fingerprint density at radius 1 is 1.40 bits per heavy atom. The normalized spacial score (nSPS) is 10.2. The number of halogens is 1. The Hall–Kier alpha value is -1.20. The molecule has 0 heterocycles. The van der Waals surface area contributed by atoms with E-state index in [1.54, 1.807) is 0 Å². The van der Waals surface area contributed by atoms with Crippen LogP contribution in [0.15, 0.2) is 27.7 Å². The van der Waals surface area contributed by atoms with Gasteiger partial charge in [0.25, 0.3) is 0 Å². The first kappa shape index (κ1) is 18.8. The van der Waals surface area contributed by atoms with Crippen LogP contribution in [-0.2, 0) is 9.53 Å². The van der Waals surface area contributed by atoms with E-state index in [-0.39, 0.29) is 0 Å². The summed E-state index contributed by atoms with van der Waals surface area (Å²) in [5.74, 6) is 0.933. The van der Waals surface area contributed by atoms with Crippen LogP contribution in [0.25, 0.3) is 0 Å². The Balaban J connectivity index is 0.00000172. The van der Waals surface area contributed by atoms with Gasteiger partial charge >= 0.3 is 0 Å². The lowest BCUT2D eigenvalue weighted by Crippen LogP contribution is -2.01. The summed E-state index contributed by atoms with van der Waals surface area (Å²) >= 11 is 3.49. The van der Waals surface area contributed by atoms with Gasteiger partial charge in [0.2, 0.25) is 0 Å². The summed E-state index contributed by atoms with van der Waals surface area (Å²) in [6, 6.07) is 5.98. The number of carbonyl (C=O) groups excluding carboxylic acids is 1. The summed E-state index contributed by atoms with van der Waals surface area (Å²) in [4.78, 5) is 12.2. The summed E-state index contributed by atoms with van der Waals surface area (Å²) in [5.41, 5.74) is 1.14. The molecule has 5 heteroatoms. The lowest BCUT2D eigenvalue weighted by atomic mass is 10.2. The number of nitrogens with zero attached hydrogens (tertiary/aromatic N) is 1. The fourth-order valence-corrected chi connectivity index (χ4v) is 1.74. The summed E-state index contributed by atoms with van der Waals surface area (Å²) in [6.07, 6.45) is 2.72. The van der Waals surface area contributed by atoms with Crippen molar-refractivity contribution in [1.29, 1.82) is 0 Å². The van der Waals surface area contributed by atoms with Gasteiger partial charge in [-0.15, -0.1) is 0 Å². The molecule has 0 amide bonds. The number of aliphatic imine (C=N–C) groups is 1. The molecule has 0 fully saturated rings. The van der Waals surface area contributed by atoms with E-state index in [2.05, 4.69) is 20.9 Å². The molecule has 1 aromatic carbocycles. The minimum absolute atomic E-state index is 0.599. The molecule has 0 aromatic heterocycles. The standard InChI is InChI=1S/C14H20BrNO2.CH2O/c1-3-17-11-9-16-8-5-10-18-14-7-4-6-13(15)12(14)2;1-2/h4,6-7,9H,3,5,8,10-11H2,1-2H3;1H2. The van der Waals surface area contributed by atoms with Gasteiger partial charge in [-0.2, -0.15) is 0 Å². The zero-order valence-electron chi connectivity index (χ0n) is 12.1. The average molecular weight is 344 g/mol. The van der Waals surface area contributed by atoms with Crippen LogP contribution in [0.4, 0.5) is 0 Å². The Bertz CT molecular complexity index is 397. The zero-order valence-corrected chi connectivity index (χ0v) is 13.7. The lowest BCUT2D eigenvalue weighted by molar-refractivity contribution is -0.0979. The molecular weight excluding hydrogens is 322 g/mol. The lowest BCUT2D eigenvalue weighted by Gasteiger charge is -2.09. The van der Waals surface area contributed by atoms with Crippen molar-refractivity contribution in [3.05, 3.63) is 28.2 Å². The number of ether oxygens (including phenoxy) is 2. The predicted octanol–water partition coefficient (Wildman–Crippen LogP) is 3.45. The quantitative estimate of drug-likeness (QED) is 0.536. The van der Waals surface area contributed by atoms with E-state index in [4.69, 9.17) is 14.3 Å². The highest BCUT2D eigenvalue weighted by Crippen LogP contribution is 2.25. The Morgan fingerprint density at radius 2 is 2.15 bits per heavy atom. The van der Waals surface area contributed by atoms with Gasteiger partial charge in [-0.25, -0.2) is 0 Å². The number of rotatable bonds is 8. The van der Waals surface area contributed by atoms with Crippen LogP contribution in [0.2, 0.25) is 0 Å². The Morgan fingerprint density at radius 3 is 2.85 bits per heavy atom. The number of hydrogen-bond acceptors (Lipinski definition) is 4. The number of benzene rings is 1. The van der Waals surface area contributed by atoms with Crippen molar-refractivity contribution in [3.63, 3.8) is 0 Å². The van der Waals surface area contributed by atoms with Crippen LogP contribution in [0.1, 0.15) is 18.9 Å². The van der Waals surface area contributed by atoms with Crippen molar-refractivity contribution in [2.45, 2.75) is 20.3 Å². The SMILES string of the molecule is C=O.CCOCC=NCCCOc1cccc(Br)c1C. The second-order valence-electron chi connectivity index (χ2n) is 3.81. The maximum atomic E-state index is 8.00. The third kappa shape index (κ3) is 8.07. The second-order valence-corrected chi connectivity index (χ2v) is 4.67. The first-order valence-corrected chi connectivity index (χ1v) is 7.27. The first-order chi connectivity index (χ1) is 9.75. The highest BCUT2D eigenvalue weighted by atomic mass is 79.9. The van der Waals surface area contributed by atoms with Crippen LogP contribution in [-0.4, -0.2) is 39.4 Å². The largest absolute Gasteiger partial charge is 0.493 e. The van der Waals surface area contributed by atoms with Gasteiger partial charge in [0.1, 0.15) is 12.5 Å². The van der Waals surface area contributed by atoms with Gasteiger partial charge < -0.3 is 14.3 Å². The van der Waals surface area contributed by atoms with E-state index >= 15 is 0 Å². The van der Waals surface area contributed by atoms with Gasteiger partial charge in [0, 0.05) is 35.8 Å². The summed E-state index contributed by atoms with van der Waals surface area (Å²) in [5, 5.41) is 0. The molecule has 4 nitrogen and oxygen atoms in total. The van der Waals surface area contributed by atoms with E-state index in [9.17, 15) is 0 Å². The van der Waals surface area contributed by atoms with Gasteiger partial charge in [-0.3, -0.25) is 4.99 Å². The minimum Gasteiger partial charge on any atom is -0.493 e. The van der Waals surface area contributed by atoms with Crippen LogP contribution >= 0.6 is 15.9 Å². The van der Waals surface area contributed by atoms with E-state index in [1.165, 1.54) is 0 Å². The molecule has 1 rings (SSSR count). The Kier molecular flexibility index (Phi) is 12.0. The van der Waals surface area contributed by atoms with Gasteiger partial charge in [0.05, 0.1) is 13.2 Å². The maximum Gasteiger partial charge on any atom is 0.123 e. The Labute approximate surface area is 129 Å². The maximum absolute atomic E-state index is 8.00. The molecule has 0 atom stereocenters. The number of hydrogen-bond donors (Lipinski definition) is 0. The molecule has 0 radical (unpaired) electrons. The molecular formula is C15H22BrNO3. The zero-order chi connectivity index (χ0) is 15.2. The van der Waals surface area contributed by atoms with Crippen molar-refractivity contribution < 1.29 is 14.3 Å². The van der Waals surface area contributed by atoms with E-state index in [0.29, 0.717) is 13.2 Å². The molecule has 1 aromatic rings. The molecule has 0 unspecified atom stereocenters. The second kappa shape index (κ2) is 12.8. The highest BCUT2D eigenvalue weighted by Gasteiger charge is 2.01. The fraction of sp³-hybridized carbons (Fsp3) is 0.467. The summed E-state index contributed by atoms with van der Waals surface area (Å²) < 4.78 is 11.9. The first-order valence-electron chi connectivity index (χ1n) is 6.48. The molecule has 0 saturated carbocycles. The predicted molar refractivity (Wildman–Crippen MR) is 86.0 cm³/mol. The topological polar surface area (TPSA) is 47.9 Å². The van der Waals surface area contributed by atoms with Crippen molar-refractivity contribution >= 4 is 28.9 Å². The highest BCUT2D eigenvalue weighted by molar-refractivity contribution is 9.10. The average Bonchev–Trinajstić information content (AvgIpc) is 2.48. The van der Waals surface area contributed by atoms with Crippen LogP contribution < -0.4 is 4.74 Å². The van der Waals surface area contributed by atoms with Crippen molar-refractivity contribution in [1.82, 2.24) is 0 Å². The van der Waals surface area contributed by atoms with E-state index < -0.39 is 0 Å². The fourth-order valence-electron chi connectivity index (χ4n) is 1.40. The molecule has 0 aliphatic heterocycles. The third-order valence-electron chi connectivity index (χ3n) is 2.43. The van der Waals surface area contributed by atoms with Gasteiger partial charge in [-0.1, -0.05) is 22.0 Å².